The number of rotatable bonds is 4. The molecule has 1 amide bonds. The van der Waals surface area contributed by atoms with Gasteiger partial charge in [0.25, 0.3) is 5.91 Å². The van der Waals surface area contributed by atoms with Crippen LogP contribution in [0.1, 0.15) is 34.0 Å². The van der Waals surface area contributed by atoms with Crippen molar-refractivity contribution in [3.05, 3.63) is 41.5 Å². The molecule has 1 saturated heterocycles. The maximum Gasteiger partial charge on any atom is 0.253 e. The number of nitrogens with zero attached hydrogens (tertiary/aromatic N) is 1. The molecule has 2 atom stereocenters. The number of aryl methyl sites for hydroxylation is 1. The molecule has 1 aliphatic rings. The summed E-state index contributed by atoms with van der Waals surface area (Å²) in [5.74, 6) is 0.248. The number of aromatic nitrogens is 3. The van der Waals surface area contributed by atoms with Gasteiger partial charge in [0.15, 0.2) is 0 Å². The summed E-state index contributed by atoms with van der Waals surface area (Å²) in [6.45, 7) is 3.25. The van der Waals surface area contributed by atoms with Crippen molar-refractivity contribution in [1.82, 2.24) is 20.5 Å². The molecule has 2 aromatic rings. The Bertz CT molecular complexity index is 576. The lowest BCUT2D eigenvalue weighted by Crippen LogP contribution is -2.30. The van der Waals surface area contributed by atoms with Crippen LogP contribution in [0.15, 0.2) is 24.8 Å². The first-order chi connectivity index (χ1) is 9.75. The molecule has 0 aromatic carbocycles. The summed E-state index contributed by atoms with van der Waals surface area (Å²) in [5.41, 5.74) is 2.69. The SMILES string of the molecule is Cc1c[nH]cc1C(=O)NC[C@H]1CCO[C@@H]1c1cn[nH]c1. The Hall–Kier alpha value is -2.08. The first-order valence-electron chi connectivity index (χ1n) is 6.77. The largest absolute Gasteiger partial charge is 0.373 e. The van der Waals surface area contributed by atoms with Gasteiger partial charge in [-0.05, 0) is 18.9 Å². The summed E-state index contributed by atoms with van der Waals surface area (Å²) in [7, 11) is 0. The normalized spacial score (nSPS) is 22.1. The van der Waals surface area contributed by atoms with Gasteiger partial charge in [-0.2, -0.15) is 5.10 Å². The van der Waals surface area contributed by atoms with Crippen molar-refractivity contribution in [3.8, 4) is 0 Å². The van der Waals surface area contributed by atoms with E-state index in [2.05, 4.69) is 20.5 Å². The standard InChI is InChI=1S/C14H18N4O2/c1-9-4-15-8-12(9)14(19)16-5-10-2-3-20-13(10)11-6-17-18-7-11/h4,6-8,10,13,15H,2-3,5H2,1H3,(H,16,19)(H,17,18)/t10-,13+/m1/s1. The lowest BCUT2D eigenvalue weighted by atomic mass is 9.97. The minimum Gasteiger partial charge on any atom is -0.373 e. The monoisotopic (exact) mass is 274 g/mol. The van der Waals surface area contributed by atoms with E-state index in [1.165, 1.54) is 0 Å². The maximum atomic E-state index is 12.1. The number of aromatic amines is 2. The Morgan fingerprint density at radius 2 is 2.40 bits per heavy atom. The van der Waals surface area contributed by atoms with E-state index in [0.29, 0.717) is 12.1 Å². The summed E-state index contributed by atoms with van der Waals surface area (Å²) in [4.78, 5) is 15.0. The first-order valence-corrected chi connectivity index (χ1v) is 6.77. The Labute approximate surface area is 116 Å². The number of nitrogens with one attached hydrogen (secondary N) is 3. The van der Waals surface area contributed by atoms with Crippen LogP contribution in [0, 0.1) is 12.8 Å². The Morgan fingerprint density at radius 3 is 3.10 bits per heavy atom. The minimum atomic E-state index is -0.0402. The molecule has 1 fully saturated rings. The molecule has 3 rings (SSSR count). The van der Waals surface area contributed by atoms with Crippen LogP contribution in [0.3, 0.4) is 0 Å². The van der Waals surface area contributed by atoms with Crippen LogP contribution >= 0.6 is 0 Å². The van der Waals surface area contributed by atoms with Crippen LogP contribution in [0.4, 0.5) is 0 Å². The van der Waals surface area contributed by atoms with Crippen LogP contribution in [0.25, 0.3) is 0 Å². The molecule has 0 unspecified atom stereocenters. The zero-order valence-electron chi connectivity index (χ0n) is 11.3. The van der Waals surface area contributed by atoms with Gasteiger partial charge in [-0.3, -0.25) is 9.89 Å². The highest BCUT2D eigenvalue weighted by atomic mass is 16.5. The number of hydrogen-bond donors (Lipinski definition) is 3. The fourth-order valence-electron chi connectivity index (χ4n) is 2.63. The molecule has 2 aromatic heterocycles. The molecule has 0 bridgehead atoms. The number of carbonyl (C=O) groups is 1. The number of carbonyl (C=O) groups excluding carboxylic acids is 1. The van der Waals surface area contributed by atoms with E-state index in [1.807, 2.05) is 19.3 Å². The van der Waals surface area contributed by atoms with Crippen molar-refractivity contribution in [2.45, 2.75) is 19.4 Å². The van der Waals surface area contributed by atoms with E-state index in [1.54, 1.807) is 12.4 Å². The van der Waals surface area contributed by atoms with Gasteiger partial charge in [-0.1, -0.05) is 0 Å². The molecule has 0 radical (unpaired) electrons. The summed E-state index contributed by atoms with van der Waals surface area (Å²) >= 11 is 0. The molecule has 6 heteroatoms. The van der Waals surface area contributed by atoms with Gasteiger partial charge in [0.05, 0.1) is 17.9 Å². The first kappa shape index (κ1) is 12.9. The van der Waals surface area contributed by atoms with Crippen molar-refractivity contribution in [1.29, 1.82) is 0 Å². The highest BCUT2D eigenvalue weighted by molar-refractivity contribution is 5.95. The molecule has 20 heavy (non-hydrogen) atoms. The lowest BCUT2D eigenvalue weighted by Gasteiger charge is -2.17. The molecule has 0 spiro atoms. The third kappa shape index (κ3) is 2.46. The van der Waals surface area contributed by atoms with Crippen LogP contribution in [-0.2, 0) is 4.74 Å². The molecular weight excluding hydrogens is 256 g/mol. The van der Waals surface area contributed by atoms with Gasteiger partial charge < -0.3 is 15.0 Å². The predicted molar refractivity (Wildman–Crippen MR) is 73.3 cm³/mol. The second-order valence-electron chi connectivity index (χ2n) is 5.13. The highest BCUT2D eigenvalue weighted by Crippen LogP contribution is 2.33. The second-order valence-corrected chi connectivity index (χ2v) is 5.13. The van der Waals surface area contributed by atoms with Crippen LogP contribution in [0.2, 0.25) is 0 Å². The van der Waals surface area contributed by atoms with Crippen molar-refractivity contribution in [3.63, 3.8) is 0 Å². The highest BCUT2D eigenvalue weighted by Gasteiger charge is 2.30. The van der Waals surface area contributed by atoms with Gasteiger partial charge in [0.2, 0.25) is 0 Å². The van der Waals surface area contributed by atoms with Gasteiger partial charge in [0.1, 0.15) is 0 Å². The molecule has 1 aliphatic heterocycles. The zero-order valence-corrected chi connectivity index (χ0v) is 11.3. The summed E-state index contributed by atoms with van der Waals surface area (Å²) < 4.78 is 5.74. The summed E-state index contributed by atoms with van der Waals surface area (Å²) in [6.07, 6.45) is 8.14. The quantitative estimate of drug-likeness (QED) is 0.791. The maximum absolute atomic E-state index is 12.1. The third-order valence-corrected chi connectivity index (χ3v) is 3.78. The van der Waals surface area contributed by atoms with Crippen LogP contribution in [-0.4, -0.2) is 34.2 Å². The average Bonchev–Trinajstić information content (AvgIpc) is 3.16. The number of hydrogen-bond acceptors (Lipinski definition) is 3. The van der Waals surface area contributed by atoms with E-state index in [-0.39, 0.29) is 17.9 Å². The van der Waals surface area contributed by atoms with Crippen molar-refractivity contribution < 1.29 is 9.53 Å². The number of amides is 1. The molecule has 106 valence electrons. The summed E-state index contributed by atoms with van der Waals surface area (Å²) in [6, 6.07) is 0. The molecule has 6 nitrogen and oxygen atoms in total. The fraction of sp³-hybridized carbons (Fsp3) is 0.429. The molecule has 0 saturated carbocycles. The topological polar surface area (TPSA) is 82.8 Å². The molecule has 3 N–H and O–H groups in total. The Balaban J connectivity index is 1.61. The minimum absolute atomic E-state index is 0.0152. The lowest BCUT2D eigenvalue weighted by molar-refractivity contribution is 0.0846. The smallest absolute Gasteiger partial charge is 0.253 e. The van der Waals surface area contributed by atoms with Gasteiger partial charge in [0, 0.05) is 43.2 Å². The fourth-order valence-corrected chi connectivity index (χ4v) is 2.63. The van der Waals surface area contributed by atoms with E-state index >= 15 is 0 Å². The van der Waals surface area contributed by atoms with Crippen molar-refractivity contribution >= 4 is 5.91 Å². The van der Waals surface area contributed by atoms with Crippen LogP contribution < -0.4 is 5.32 Å². The predicted octanol–water partition coefficient (Wildman–Crippen LogP) is 1.55. The molecule has 3 heterocycles. The number of H-pyrrole nitrogens is 2. The van der Waals surface area contributed by atoms with E-state index in [4.69, 9.17) is 4.74 Å². The van der Waals surface area contributed by atoms with E-state index < -0.39 is 0 Å². The van der Waals surface area contributed by atoms with Crippen molar-refractivity contribution in [2.75, 3.05) is 13.2 Å². The zero-order chi connectivity index (χ0) is 13.9. The van der Waals surface area contributed by atoms with E-state index in [0.717, 1.165) is 24.2 Å². The third-order valence-electron chi connectivity index (χ3n) is 3.78. The Kier molecular flexibility index (Phi) is 3.56. The van der Waals surface area contributed by atoms with Crippen molar-refractivity contribution in [2.24, 2.45) is 5.92 Å². The van der Waals surface area contributed by atoms with Gasteiger partial charge in [-0.15, -0.1) is 0 Å². The van der Waals surface area contributed by atoms with Gasteiger partial charge in [-0.25, -0.2) is 0 Å². The van der Waals surface area contributed by atoms with E-state index in [9.17, 15) is 4.79 Å². The van der Waals surface area contributed by atoms with Gasteiger partial charge >= 0.3 is 0 Å². The van der Waals surface area contributed by atoms with Crippen LogP contribution in [0.5, 0.6) is 0 Å². The summed E-state index contributed by atoms with van der Waals surface area (Å²) in [5, 5.41) is 9.74. The average molecular weight is 274 g/mol. The molecule has 0 aliphatic carbocycles. The second kappa shape index (κ2) is 5.50. The molecular formula is C14H18N4O2. The Morgan fingerprint density at radius 1 is 1.50 bits per heavy atom. The number of ether oxygens (including phenoxy) is 1.